The molecule has 1 aliphatic heterocycles. The highest BCUT2D eigenvalue weighted by Gasteiger charge is 1.94. The van der Waals surface area contributed by atoms with Gasteiger partial charge in [-0.25, -0.2) is 0 Å². The van der Waals surface area contributed by atoms with Gasteiger partial charge in [0.15, 0.2) is 0 Å². The Kier molecular flexibility index (Phi) is 5.11. The SMILES string of the molecule is C1CO1.C=COC. The van der Waals surface area contributed by atoms with E-state index in [4.69, 9.17) is 0 Å². The van der Waals surface area contributed by atoms with Gasteiger partial charge in [-0.05, 0) is 0 Å². The summed E-state index contributed by atoms with van der Waals surface area (Å²) in [6, 6.07) is 0. The van der Waals surface area contributed by atoms with Gasteiger partial charge >= 0.3 is 0 Å². The van der Waals surface area contributed by atoms with Crippen LogP contribution in [-0.2, 0) is 9.47 Å². The molecule has 1 heterocycles. The lowest BCUT2D eigenvalue weighted by Crippen LogP contribution is -1.54. The maximum Gasteiger partial charge on any atom is 0.0766 e. The number of hydrogen-bond acceptors (Lipinski definition) is 2. The maximum atomic E-state index is 4.50. The van der Waals surface area contributed by atoms with Gasteiger partial charge in [0.2, 0.25) is 0 Å². The fraction of sp³-hybridized carbons (Fsp3) is 0.600. The number of methoxy groups -OCH3 is 1. The Bertz CT molecular complexity index is 38.6. The summed E-state index contributed by atoms with van der Waals surface area (Å²) in [7, 11) is 1.56. The van der Waals surface area contributed by atoms with Crippen LogP contribution in [0.5, 0.6) is 0 Å². The van der Waals surface area contributed by atoms with Crippen LogP contribution in [0, 0.1) is 0 Å². The van der Waals surface area contributed by atoms with E-state index in [2.05, 4.69) is 16.1 Å². The molecule has 0 radical (unpaired) electrons. The molecule has 1 aliphatic rings. The summed E-state index contributed by atoms with van der Waals surface area (Å²) in [6.07, 6.45) is 1.38. The molecule has 2 heteroatoms. The van der Waals surface area contributed by atoms with Gasteiger partial charge in [0.1, 0.15) is 0 Å². The van der Waals surface area contributed by atoms with Crippen LogP contribution < -0.4 is 0 Å². The van der Waals surface area contributed by atoms with Gasteiger partial charge in [0.05, 0.1) is 26.6 Å². The highest BCUT2D eigenvalue weighted by atomic mass is 16.6. The van der Waals surface area contributed by atoms with Gasteiger partial charge in [-0.15, -0.1) is 0 Å². The molecule has 42 valence electrons. The molecule has 0 saturated carbocycles. The van der Waals surface area contributed by atoms with Crippen LogP contribution in [0.25, 0.3) is 0 Å². The van der Waals surface area contributed by atoms with Gasteiger partial charge in [0.25, 0.3) is 0 Å². The first-order valence-electron chi connectivity index (χ1n) is 2.13. The van der Waals surface area contributed by atoms with Crippen molar-refractivity contribution >= 4 is 0 Å². The molecule has 2 nitrogen and oxygen atoms in total. The van der Waals surface area contributed by atoms with Crippen molar-refractivity contribution in [1.82, 2.24) is 0 Å². The lowest BCUT2D eigenvalue weighted by atomic mass is 11.0. The molecule has 0 amide bonds. The fourth-order valence-electron chi connectivity index (χ4n) is 0. The van der Waals surface area contributed by atoms with Crippen molar-refractivity contribution in [3.63, 3.8) is 0 Å². The average molecular weight is 102 g/mol. The molecule has 0 atom stereocenters. The number of epoxide rings is 1. The molecule has 0 aromatic carbocycles. The molecule has 0 aromatic rings. The summed E-state index contributed by atoms with van der Waals surface area (Å²) in [5.74, 6) is 0. The average Bonchev–Trinajstić information content (AvgIpc) is 2.47. The molecule has 0 aromatic heterocycles. The van der Waals surface area contributed by atoms with E-state index in [9.17, 15) is 0 Å². The Morgan fingerprint density at radius 3 is 2.00 bits per heavy atom. The summed E-state index contributed by atoms with van der Waals surface area (Å²) < 4.78 is 8.81. The Balaban J connectivity index is 0.000000105. The Labute approximate surface area is 43.7 Å². The number of ether oxygens (including phenoxy) is 2. The standard InChI is InChI=1S/C3H6O.C2H4O/c1-3-4-2;1-2-3-1/h3H,1H2,2H3;1-2H2. The predicted molar refractivity (Wildman–Crippen MR) is 28.0 cm³/mol. The van der Waals surface area contributed by atoms with Crippen LogP contribution >= 0.6 is 0 Å². The second kappa shape index (κ2) is 5.50. The normalized spacial score (nSPS) is 13.3. The molecule has 0 N–H and O–H groups in total. The summed E-state index contributed by atoms with van der Waals surface area (Å²) in [4.78, 5) is 0. The van der Waals surface area contributed by atoms with E-state index in [1.165, 1.54) is 6.26 Å². The minimum atomic E-state index is 1.00. The van der Waals surface area contributed by atoms with E-state index in [1.54, 1.807) is 7.11 Å². The zero-order valence-electron chi connectivity index (χ0n) is 4.52. The van der Waals surface area contributed by atoms with E-state index in [-0.39, 0.29) is 0 Å². The minimum Gasteiger partial charge on any atom is -0.505 e. The monoisotopic (exact) mass is 102 g/mol. The molecule has 1 rings (SSSR count). The first-order chi connectivity index (χ1) is 3.41. The van der Waals surface area contributed by atoms with E-state index in [0.717, 1.165) is 13.2 Å². The smallest absolute Gasteiger partial charge is 0.0766 e. The van der Waals surface area contributed by atoms with E-state index in [0.29, 0.717) is 0 Å². The van der Waals surface area contributed by atoms with Crippen LogP contribution in [-0.4, -0.2) is 20.3 Å². The summed E-state index contributed by atoms with van der Waals surface area (Å²) in [5, 5.41) is 0. The second-order valence-corrected chi connectivity index (χ2v) is 1.01. The third-order valence-electron chi connectivity index (χ3n) is 0.371. The first-order valence-corrected chi connectivity index (χ1v) is 2.13. The molecule has 0 bridgehead atoms. The van der Waals surface area contributed by atoms with Crippen LogP contribution in [0.15, 0.2) is 12.8 Å². The molecular weight excluding hydrogens is 92.1 g/mol. The van der Waals surface area contributed by atoms with Crippen molar-refractivity contribution < 1.29 is 9.47 Å². The summed E-state index contributed by atoms with van der Waals surface area (Å²) in [5.41, 5.74) is 0. The van der Waals surface area contributed by atoms with Gasteiger partial charge in [-0.2, -0.15) is 0 Å². The maximum absolute atomic E-state index is 4.50. The third kappa shape index (κ3) is 29.9. The van der Waals surface area contributed by atoms with Crippen molar-refractivity contribution in [2.75, 3.05) is 20.3 Å². The lowest BCUT2D eigenvalue weighted by Gasteiger charge is -1.73. The minimum absolute atomic E-state index is 1.00. The van der Waals surface area contributed by atoms with Gasteiger partial charge in [-0.3, -0.25) is 0 Å². The Morgan fingerprint density at radius 2 is 2.00 bits per heavy atom. The molecular formula is C5H10O2. The summed E-state index contributed by atoms with van der Waals surface area (Å²) >= 11 is 0. The quantitative estimate of drug-likeness (QED) is 0.360. The van der Waals surface area contributed by atoms with Crippen molar-refractivity contribution in [3.05, 3.63) is 12.8 Å². The zero-order chi connectivity index (χ0) is 5.54. The molecule has 0 unspecified atom stereocenters. The van der Waals surface area contributed by atoms with Gasteiger partial charge < -0.3 is 9.47 Å². The molecule has 7 heavy (non-hydrogen) atoms. The molecule has 0 aliphatic carbocycles. The highest BCUT2D eigenvalue weighted by Crippen LogP contribution is 1.84. The van der Waals surface area contributed by atoms with Gasteiger partial charge in [0, 0.05) is 0 Å². The first kappa shape index (κ1) is 6.50. The Hall–Kier alpha value is -0.500. The Morgan fingerprint density at radius 1 is 1.71 bits per heavy atom. The van der Waals surface area contributed by atoms with Crippen LogP contribution in [0.3, 0.4) is 0 Å². The highest BCUT2D eigenvalue weighted by molar-refractivity contribution is 4.43. The van der Waals surface area contributed by atoms with E-state index >= 15 is 0 Å². The lowest BCUT2D eigenvalue weighted by molar-refractivity contribution is 0.339. The van der Waals surface area contributed by atoms with Crippen molar-refractivity contribution in [3.8, 4) is 0 Å². The van der Waals surface area contributed by atoms with Crippen molar-refractivity contribution in [2.45, 2.75) is 0 Å². The fourth-order valence-corrected chi connectivity index (χ4v) is 0. The summed E-state index contributed by atoms with van der Waals surface area (Å²) in [6.45, 7) is 5.26. The molecule has 0 spiro atoms. The number of rotatable bonds is 1. The third-order valence-corrected chi connectivity index (χ3v) is 0.371. The second-order valence-electron chi connectivity index (χ2n) is 1.01. The zero-order valence-corrected chi connectivity index (χ0v) is 4.52. The van der Waals surface area contributed by atoms with E-state index < -0.39 is 0 Å². The molecule has 1 fully saturated rings. The van der Waals surface area contributed by atoms with Crippen LogP contribution in [0.2, 0.25) is 0 Å². The van der Waals surface area contributed by atoms with Gasteiger partial charge in [-0.1, -0.05) is 6.58 Å². The van der Waals surface area contributed by atoms with E-state index in [1.807, 2.05) is 0 Å². The topological polar surface area (TPSA) is 21.8 Å². The number of hydrogen-bond donors (Lipinski definition) is 0. The predicted octanol–water partition coefficient (Wildman–Crippen LogP) is 0.793. The largest absolute Gasteiger partial charge is 0.505 e. The van der Waals surface area contributed by atoms with Crippen molar-refractivity contribution in [1.29, 1.82) is 0 Å². The van der Waals surface area contributed by atoms with Crippen LogP contribution in [0.4, 0.5) is 0 Å². The van der Waals surface area contributed by atoms with Crippen molar-refractivity contribution in [2.24, 2.45) is 0 Å². The molecule has 1 saturated heterocycles. The van der Waals surface area contributed by atoms with Crippen LogP contribution in [0.1, 0.15) is 0 Å².